The molecular weight excluding hydrogens is 182 g/mol. The van der Waals surface area contributed by atoms with Crippen molar-refractivity contribution in [3.8, 4) is 0 Å². The SMILES string of the molecule is CN(C)CCN(C)N(C=O)CCC=O. The van der Waals surface area contributed by atoms with Crippen LogP contribution in [0.5, 0.6) is 0 Å². The number of carbonyl (C=O) groups excluding carboxylic acids is 2. The largest absolute Gasteiger partial charge is 0.308 e. The lowest BCUT2D eigenvalue weighted by Gasteiger charge is -2.28. The third kappa shape index (κ3) is 5.66. The fourth-order valence-corrected chi connectivity index (χ4v) is 0.962. The quantitative estimate of drug-likeness (QED) is 0.390. The first kappa shape index (κ1) is 13.1. The van der Waals surface area contributed by atoms with Crippen LogP contribution in [0.1, 0.15) is 6.42 Å². The Morgan fingerprint density at radius 1 is 1.00 bits per heavy atom. The molecule has 14 heavy (non-hydrogen) atoms. The van der Waals surface area contributed by atoms with E-state index >= 15 is 0 Å². The standard InChI is InChI=1S/C9H19N3O2/c1-10(2)6-7-11(3)12(9-14)5-4-8-13/h8-9H,4-7H2,1-3H3. The zero-order chi connectivity index (χ0) is 11.0. The third-order valence-corrected chi connectivity index (χ3v) is 1.91. The van der Waals surface area contributed by atoms with Gasteiger partial charge in [-0.2, -0.15) is 0 Å². The van der Waals surface area contributed by atoms with Crippen molar-refractivity contribution in [2.45, 2.75) is 6.42 Å². The summed E-state index contributed by atoms with van der Waals surface area (Å²) in [5, 5.41) is 3.33. The molecular formula is C9H19N3O2. The van der Waals surface area contributed by atoms with Crippen LogP contribution >= 0.6 is 0 Å². The van der Waals surface area contributed by atoms with Gasteiger partial charge in [0.05, 0.1) is 0 Å². The predicted molar refractivity (Wildman–Crippen MR) is 54.6 cm³/mol. The molecule has 0 rings (SSSR count). The summed E-state index contributed by atoms with van der Waals surface area (Å²) >= 11 is 0. The topological polar surface area (TPSA) is 43.9 Å². The van der Waals surface area contributed by atoms with Crippen LogP contribution in [0, 0.1) is 0 Å². The molecule has 0 N–H and O–H groups in total. The van der Waals surface area contributed by atoms with Crippen LogP contribution in [0.4, 0.5) is 0 Å². The number of rotatable bonds is 8. The average molecular weight is 201 g/mol. The molecule has 0 aliphatic rings. The molecule has 0 radical (unpaired) electrons. The lowest BCUT2D eigenvalue weighted by Crippen LogP contribution is -2.42. The monoisotopic (exact) mass is 201 g/mol. The van der Waals surface area contributed by atoms with E-state index in [1.165, 1.54) is 5.01 Å². The molecule has 5 heteroatoms. The van der Waals surface area contributed by atoms with Crippen LogP contribution in [-0.2, 0) is 9.59 Å². The van der Waals surface area contributed by atoms with Gasteiger partial charge in [-0.1, -0.05) is 0 Å². The molecule has 0 spiro atoms. The lowest BCUT2D eigenvalue weighted by molar-refractivity contribution is -0.132. The molecule has 0 saturated heterocycles. The number of nitrogens with zero attached hydrogens (tertiary/aromatic N) is 3. The van der Waals surface area contributed by atoms with Crippen LogP contribution < -0.4 is 0 Å². The van der Waals surface area contributed by atoms with Gasteiger partial charge in [0.25, 0.3) is 0 Å². The van der Waals surface area contributed by atoms with E-state index in [0.29, 0.717) is 13.0 Å². The van der Waals surface area contributed by atoms with Crippen molar-refractivity contribution >= 4 is 12.7 Å². The normalized spacial score (nSPS) is 10.6. The smallest absolute Gasteiger partial charge is 0.224 e. The molecule has 0 bridgehead atoms. The zero-order valence-corrected chi connectivity index (χ0v) is 9.14. The Balaban J connectivity index is 3.84. The summed E-state index contributed by atoms with van der Waals surface area (Å²) in [5.41, 5.74) is 0. The minimum Gasteiger partial charge on any atom is -0.308 e. The highest BCUT2D eigenvalue weighted by Gasteiger charge is 2.07. The van der Waals surface area contributed by atoms with Crippen molar-refractivity contribution in [2.75, 3.05) is 40.8 Å². The van der Waals surface area contributed by atoms with Crippen LogP contribution in [0.3, 0.4) is 0 Å². The maximum atomic E-state index is 10.7. The van der Waals surface area contributed by atoms with Gasteiger partial charge in [-0.15, -0.1) is 0 Å². The first-order valence-electron chi connectivity index (χ1n) is 4.63. The summed E-state index contributed by atoms with van der Waals surface area (Å²) in [6, 6.07) is 0. The molecule has 0 aliphatic carbocycles. The second-order valence-corrected chi connectivity index (χ2v) is 3.41. The average Bonchev–Trinajstić information content (AvgIpc) is 2.16. The summed E-state index contributed by atoms with van der Waals surface area (Å²) in [6.07, 6.45) is 1.94. The van der Waals surface area contributed by atoms with Crippen molar-refractivity contribution in [3.05, 3.63) is 0 Å². The number of aldehydes is 1. The summed E-state index contributed by atoms with van der Waals surface area (Å²) in [7, 11) is 5.79. The maximum Gasteiger partial charge on any atom is 0.224 e. The number of carbonyl (C=O) groups is 2. The first-order valence-corrected chi connectivity index (χ1v) is 4.63. The molecule has 1 amide bonds. The maximum absolute atomic E-state index is 10.7. The van der Waals surface area contributed by atoms with E-state index in [0.717, 1.165) is 25.8 Å². The number of hydrogen-bond donors (Lipinski definition) is 0. The van der Waals surface area contributed by atoms with Crippen molar-refractivity contribution in [3.63, 3.8) is 0 Å². The molecule has 0 fully saturated rings. The molecule has 0 aromatic heterocycles. The summed E-state index contributed by atoms with van der Waals surface area (Å²) < 4.78 is 0. The molecule has 0 heterocycles. The molecule has 0 aromatic carbocycles. The molecule has 0 saturated carbocycles. The fourth-order valence-electron chi connectivity index (χ4n) is 0.962. The highest BCUT2D eigenvalue weighted by molar-refractivity contribution is 5.52. The van der Waals surface area contributed by atoms with Crippen LogP contribution in [-0.4, -0.2) is 68.4 Å². The van der Waals surface area contributed by atoms with E-state index in [4.69, 9.17) is 0 Å². The van der Waals surface area contributed by atoms with Crippen LogP contribution in [0.25, 0.3) is 0 Å². The molecule has 0 aliphatic heterocycles. The van der Waals surface area contributed by atoms with E-state index in [1.807, 2.05) is 31.1 Å². The third-order valence-electron chi connectivity index (χ3n) is 1.91. The van der Waals surface area contributed by atoms with Crippen molar-refractivity contribution in [2.24, 2.45) is 0 Å². The molecule has 82 valence electrons. The minimum absolute atomic E-state index is 0.380. The van der Waals surface area contributed by atoms with Crippen molar-refractivity contribution in [1.29, 1.82) is 0 Å². The second-order valence-electron chi connectivity index (χ2n) is 3.41. The zero-order valence-electron chi connectivity index (χ0n) is 9.14. The number of hydrazine groups is 1. The Morgan fingerprint density at radius 2 is 1.64 bits per heavy atom. The van der Waals surface area contributed by atoms with Gasteiger partial charge < -0.3 is 9.69 Å². The van der Waals surface area contributed by atoms with Gasteiger partial charge in [0, 0.05) is 33.1 Å². The van der Waals surface area contributed by atoms with Gasteiger partial charge in [0.1, 0.15) is 6.29 Å². The fraction of sp³-hybridized carbons (Fsp3) is 0.778. The van der Waals surface area contributed by atoms with Gasteiger partial charge in [0.15, 0.2) is 0 Å². The summed E-state index contributed by atoms with van der Waals surface area (Å²) in [6.45, 7) is 2.10. The highest BCUT2D eigenvalue weighted by Crippen LogP contribution is 1.92. The molecule has 0 unspecified atom stereocenters. The highest BCUT2D eigenvalue weighted by atomic mass is 16.1. The number of likely N-dealkylation sites (N-methyl/N-ethyl adjacent to an activating group) is 2. The Hall–Kier alpha value is -0.940. The number of hydrogen-bond acceptors (Lipinski definition) is 4. The van der Waals surface area contributed by atoms with E-state index in [1.54, 1.807) is 0 Å². The minimum atomic E-state index is 0.380. The molecule has 5 nitrogen and oxygen atoms in total. The Morgan fingerprint density at radius 3 is 2.07 bits per heavy atom. The second kappa shape index (κ2) is 7.46. The molecule has 0 aromatic rings. The van der Waals surface area contributed by atoms with Gasteiger partial charge >= 0.3 is 0 Å². The van der Waals surface area contributed by atoms with Gasteiger partial charge in [-0.05, 0) is 14.1 Å². The van der Waals surface area contributed by atoms with Gasteiger partial charge in [-0.25, -0.2) is 5.01 Å². The summed E-state index contributed by atoms with van der Waals surface area (Å²) in [4.78, 5) is 22.8. The lowest BCUT2D eigenvalue weighted by atomic mass is 10.4. The van der Waals surface area contributed by atoms with E-state index in [-0.39, 0.29) is 0 Å². The Kier molecular flexibility index (Phi) is 6.96. The van der Waals surface area contributed by atoms with Gasteiger partial charge in [-0.3, -0.25) is 9.80 Å². The molecule has 0 atom stereocenters. The van der Waals surface area contributed by atoms with Crippen molar-refractivity contribution in [1.82, 2.24) is 14.9 Å². The summed E-state index contributed by atoms with van der Waals surface area (Å²) in [5.74, 6) is 0. The van der Waals surface area contributed by atoms with Crippen molar-refractivity contribution < 1.29 is 9.59 Å². The van der Waals surface area contributed by atoms with Crippen LogP contribution in [0.2, 0.25) is 0 Å². The van der Waals surface area contributed by atoms with E-state index < -0.39 is 0 Å². The van der Waals surface area contributed by atoms with Gasteiger partial charge in [0.2, 0.25) is 6.41 Å². The Labute approximate surface area is 85.2 Å². The first-order chi connectivity index (χ1) is 6.61. The van der Waals surface area contributed by atoms with E-state index in [9.17, 15) is 9.59 Å². The predicted octanol–water partition coefficient (Wildman–Crippen LogP) is -0.558. The number of amides is 1. The Bertz CT molecular complexity index is 173. The van der Waals surface area contributed by atoms with Crippen LogP contribution in [0.15, 0.2) is 0 Å². The van der Waals surface area contributed by atoms with E-state index in [2.05, 4.69) is 0 Å².